The Morgan fingerprint density at radius 1 is 1.60 bits per heavy atom. The van der Waals surface area contributed by atoms with E-state index >= 15 is 0 Å². The Kier molecular flexibility index (Phi) is 4.76. The maximum Gasteiger partial charge on any atom is 0.147 e. The molecule has 6 heteroatoms. The van der Waals surface area contributed by atoms with Crippen molar-refractivity contribution >= 4 is 37.1 Å². The molecule has 0 spiro atoms. The lowest BCUT2D eigenvalue weighted by Crippen LogP contribution is -2.18. The molecule has 0 aliphatic heterocycles. The van der Waals surface area contributed by atoms with E-state index in [4.69, 9.17) is 0 Å². The summed E-state index contributed by atoms with van der Waals surface area (Å²) in [7, 11) is -1.03. The zero-order valence-electron chi connectivity index (χ0n) is 8.66. The minimum atomic E-state index is -2.88. The number of hydrogen-bond acceptors (Lipinski definition) is 4. The fourth-order valence-corrected chi connectivity index (χ4v) is 3.53. The second-order valence-corrected chi connectivity index (χ2v) is 7.55. The molecule has 0 aliphatic carbocycles. The van der Waals surface area contributed by atoms with Crippen LogP contribution in [0.2, 0.25) is 0 Å². The van der Waals surface area contributed by atoms with E-state index in [1.807, 2.05) is 18.5 Å². The molecule has 1 atom stereocenters. The summed E-state index contributed by atoms with van der Waals surface area (Å²) in [5.41, 5.74) is 0. The van der Waals surface area contributed by atoms with Crippen molar-refractivity contribution in [2.75, 3.05) is 19.1 Å². The standard InChI is InChI=1S/C9H14BrNO2S2/c1-11-8(3-4-15(2,12)13)9-5-7(10)6-14-9/h5-6,8,11H,3-4H2,1-2H3. The molecule has 1 unspecified atom stereocenters. The van der Waals surface area contributed by atoms with E-state index in [2.05, 4.69) is 21.2 Å². The third kappa shape index (κ3) is 4.63. The molecule has 0 fully saturated rings. The first-order valence-corrected chi connectivity index (χ1v) is 8.24. The van der Waals surface area contributed by atoms with Crippen LogP contribution in [-0.4, -0.2) is 27.5 Å². The molecule has 0 amide bonds. The molecule has 0 aromatic carbocycles. The fraction of sp³-hybridized carbons (Fsp3) is 0.556. The van der Waals surface area contributed by atoms with Gasteiger partial charge < -0.3 is 5.32 Å². The van der Waals surface area contributed by atoms with Gasteiger partial charge in [0.15, 0.2) is 0 Å². The third-order valence-corrected chi connectivity index (χ3v) is 4.84. The molecule has 0 aliphatic rings. The summed E-state index contributed by atoms with van der Waals surface area (Å²) in [6, 6.07) is 2.14. The zero-order chi connectivity index (χ0) is 11.5. The number of nitrogens with one attached hydrogen (secondary N) is 1. The summed E-state index contributed by atoms with van der Waals surface area (Å²) in [5.74, 6) is 0.216. The first-order valence-electron chi connectivity index (χ1n) is 4.51. The van der Waals surface area contributed by atoms with Crippen LogP contribution in [0.1, 0.15) is 17.3 Å². The fourth-order valence-electron chi connectivity index (χ4n) is 1.27. The van der Waals surface area contributed by atoms with Crippen LogP contribution >= 0.6 is 27.3 Å². The average Bonchev–Trinajstić information content (AvgIpc) is 2.51. The van der Waals surface area contributed by atoms with Crippen molar-refractivity contribution in [2.24, 2.45) is 0 Å². The van der Waals surface area contributed by atoms with Crippen molar-refractivity contribution in [3.8, 4) is 0 Å². The molecule has 1 rings (SSSR count). The summed E-state index contributed by atoms with van der Waals surface area (Å²) in [6.45, 7) is 0. The maximum atomic E-state index is 11.1. The van der Waals surface area contributed by atoms with Crippen molar-refractivity contribution < 1.29 is 8.42 Å². The van der Waals surface area contributed by atoms with E-state index in [0.29, 0.717) is 6.42 Å². The van der Waals surface area contributed by atoms with Crippen molar-refractivity contribution in [1.29, 1.82) is 0 Å². The lowest BCUT2D eigenvalue weighted by Gasteiger charge is -2.13. The van der Waals surface area contributed by atoms with Crippen LogP contribution in [0.5, 0.6) is 0 Å². The van der Waals surface area contributed by atoms with E-state index in [9.17, 15) is 8.42 Å². The highest BCUT2D eigenvalue weighted by molar-refractivity contribution is 9.10. The summed E-state index contributed by atoms with van der Waals surface area (Å²) in [6.07, 6.45) is 1.88. The molecule has 0 saturated heterocycles. The van der Waals surface area contributed by atoms with Gasteiger partial charge in [0.05, 0.1) is 5.75 Å². The molecular weight excluding hydrogens is 298 g/mol. The SMILES string of the molecule is CNC(CCS(C)(=O)=O)c1cc(Br)cs1. The minimum absolute atomic E-state index is 0.121. The molecule has 15 heavy (non-hydrogen) atoms. The van der Waals surface area contributed by atoms with Gasteiger partial charge in [0, 0.05) is 27.0 Å². The Balaban J connectivity index is 2.65. The largest absolute Gasteiger partial charge is 0.312 e. The smallest absolute Gasteiger partial charge is 0.147 e. The molecule has 1 aromatic rings. The van der Waals surface area contributed by atoms with E-state index in [0.717, 1.165) is 9.35 Å². The molecular formula is C9H14BrNO2S2. The minimum Gasteiger partial charge on any atom is -0.312 e. The molecule has 0 saturated carbocycles. The van der Waals surface area contributed by atoms with Gasteiger partial charge in [-0.05, 0) is 35.5 Å². The zero-order valence-corrected chi connectivity index (χ0v) is 11.9. The highest BCUT2D eigenvalue weighted by Gasteiger charge is 2.14. The summed E-state index contributed by atoms with van der Waals surface area (Å²) in [4.78, 5) is 1.16. The van der Waals surface area contributed by atoms with Crippen LogP contribution in [0, 0.1) is 0 Å². The average molecular weight is 312 g/mol. The lowest BCUT2D eigenvalue weighted by atomic mass is 10.2. The third-order valence-electron chi connectivity index (χ3n) is 2.06. The van der Waals surface area contributed by atoms with Crippen molar-refractivity contribution in [3.63, 3.8) is 0 Å². The van der Waals surface area contributed by atoms with Crippen LogP contribution < -0.4 is 5.32 Å². The van der Waals surface area contributed by atoms with Gasteiger partial charge in [-0.3, -0.25) is 0 Å². The summed E-state index contributed by atoms with van der Waals surface area (Å²) >= 11 is 5.01. The molecule has 86 valence electrons. The molecule has 0 bridgehead atoms. The van der Waals surface area contributed by atoms with Gasteiger partial charge >= 0.3 is 0 Å². The Morgan fingerprint density at radius 2 is 2.27 bits per heavy atom. The molecule has 0 radical (unpaired) electrons. The van der Waals surface area contributed by atoms with Crippen LogP contribution in [0.3, 0.4) is 0 Å². The second kappa shape index (κ2) is 5.43. The highest BCUT2D eigenvalue weighted by Crippen LogP contribution is 2.27. The Morgan fingerprint density at radius 3 is 2.67 bits per heavy atom. The van der Waals surface area contributed by atoms with E-state index in [1.165, 1.54) is 6.26 Å². The number of thiophene rings is 1. The normalized spacial score (nSPS) is 14.1. The van der Waals surface area contributed by atoms with Crippen LogP contribution in [0.15, 0.2) is 15.9 Å². The van der Waals surface area contributed by atoms with Crippen LogP contribution in [-0.2, 0) is 9.84 Å². The quantitative estimate of drug-likeness (QED) is 0.907. The van der Waals surface area contributed by atoms with E-state index in [-0.39, 0.29) is 11.8 Å². The number of hydrogen-bond donors (Lipinski definition) is 1. The second-order valence-electron chi connectivity index (χ2n) is 3.43. The predicted octanol–water partition coefficient (Wildman–Crippen LogP) is 2.21. The van der Waals surface area contributed by atoms with Gasteiger partial charge in [-0.2, -0.15) is 0 Å². The number of halogens is 1. The van der Waals surface area contributed by atoms with E-state index < -0.39 is 9.84 Å². The number of rotatable bonds is 5. The first kappa shape index (κ1) is 13.2. The van der Waals surface area contributed by atoms with Crippen molar-refractivity contribution in [1.82, 2.24) is 5.32 Å². The van der Waals surface area contributed by atoms with Crippen LogP contribution in [0.25, 0.3) is 0 Å². The first-order chi connectivity index (χ1) is 6.92. The van der Waals surface area contributed by atoms with Gasteiger partial charge in [0.2, 0.25) is 0 Å². The Bertz CT molecular complexity index is 414. The van der Waals surface area contributed by atoms with Gasteiger partial charge in [-0.15, -0.1) is 11.3 Å². The topological polar surface area (TPSA) is 46.2 Å². The number of sulfone groups is 1. The van der Waals surface area contributed by atoms with Gasteiger partial charge in [-0.1, -0.05) is 0 Å². The van der Waals surface area contributed by atoms with Crippen molar-refractivity contribution in [3.05, 3.63) is 20.8 Å². The summed E-state index contributed by atoms with van der Waals surface area (Å²) < 4.78 is 23.2. The summed E-state index contributed by atoms with van der Waals surface area (Å²) in [5, 5.41) is 5.13. The highest BCUT2D eigenvalue weighted by atomic mass is 79.9. The Labute approximate surface area is 103 Å². The molecule has 1 heterocycles. The molecule has 3 nitrogen and oxygen atoms in total. The van der Waals surface area contributed by atoms with Crippen LogP contribution in [0.4, 0.5) is 0 Å². The molecule has 1 N–H and O–H groups in total. The monoisotopic (exact) mass is 311 g/mol. The Hall–Kier alpha value is 0.0900. The predicted molar refractivity (Wildman–Crippen MR) is 68.1 cm³/mol. The van der Waals surface area contributed by atoms with Gasteiger partial charge in [0.1, 0.15) is 9.84 Å². The van der Waals surface area contributed by atoms with Crippen molar-refractivity contribution in [2.45, 2.75) is 12.5 Å². The lowest BCUT2D eigenvalue weighted by molar-refractivity contribution is 0.564. The van der Waals surface area contributed by atoms with Gasteiger partial charge in [-0.25, -0.2) is 8.42 Å². The van der Waals surface area contributed by atoms with Gasteiger partial charge in [0.25, 0.3) is 0 Å². The van der Waals surface area contributed by atoms with E-state index in [1.54, 1.807) is 11.3 Å². The maximum absolute atomic E-state index is 11.1. The molecule has 1 aromatic heterocycles.